The number of rotatable bonds is 44. The predicted molar refractivity (Wildman–Crippen MR) is 270 cm³/mol. The number of carbonyl (C=O) groups excluding carboxylic acids is 1. The topological polar surface area (TPSA) is 226 Å². The van der Waals surface area contributed by atoms with Gasteiger partial charge in [-0.2, -0.15) is 0 Å². The Hall–Kier alpha value is -1.74. The lowest BCUT2D eigenvalue weighted by Crippen LogP contribution is -2.64. The molecule has 0 heterocycles. The molecule has 8 unspecified atom stereocenters. The molecule has 0 aromatic carbocycles. The smallest absolute Gasteiger partial charge is 0.393 e. The summed E-state index contributed by atoms with van der Waals surface area (Å²) in [6.45, 7) is 3.74. The number of nitrogens with one attached hydrogen (secondary N) is 1. The van der Waals surface area contributed by atoms with Gasteiger partial charge in [0.2, 0.25) is 5.91 Å². The average molecular weight is 972 g/mol. The Balaban J connectivity index is 2.52. The van der Waals surface area contributed by atoms with Gasteiger partial charge < -0.3 is 46.0 Å². The summed E-state index contributed by atoms with van der Waals surface area (Å²) in [4.78, 5) is 23.5. The van der Waals surface area contributed by atoms with Gasteiger partial charge in [0.15, 0.2) is 0 Å². The maximum atomic E-state index is 13.0. The molecule has 0 aliphatic heterocycles. The molecule has 14 heteroatoms. The van der Waals surface area contributed by atoms with Crippen molar-refractivity contribution >= 4 is 13.7 Å². The summed E-state index contributed by atoms with van der Waals surface area (Å²) in [5.41, 5.74) is 0. The van der Waals surface area contributed by atoms with Gasteiger partial charge >= 0.3 is 7.82 Å². The fraction of sp³-hybridized carbons (Fsp3) is 0.830. The van der Waals surface area contributed by atoms with E-state index < -0.39 is 75.2 Å². The molecule has 8 atom stereocenters. The van der Waals surface area contributed by atoms with E-state index in [1.54, 1.807) is 6.08 Å². The van der Waals surface area contributed by atoms with Crippen LogP contribution in [0.2, 0.25) is 0 Å². The Labute approximate surface area is 406 Å². The zero-order valence-corrected chi connectivity index (χ0v) is 42.7. The zero-order valence-electron chi connectivity index (χ0n) is 41.8. The molecule has 392 valence electrons. The Kier molecular flexibility index (Phi) is 39.7. The molecular weight excluding hydrogens is 874 g/mol. The minimum absolute atomic E-state index is 0.262. The Morgan fingerprint density at radius 3 is 1.31 bits per heavy atom. The van der Waals surface area contributed by atoms with E-state index >= 15 is 0 Å². The van der Waals surface area contributed by atoms with Crippen molar-refractivity contribution in [1.29, 1.82) is 0 Å². The van der Waals surface area contributed by atoms with Crippen LogP contribution in [0, 0.1) is 0 Å². The van der Waals surface area contributed by atoms with Crippen LogP contribution in [0.25, 0.3) is 0 Å². The summed E-state index contributed by atoms with van der Waals surface area (Å²) in [6.07, 6.45) is 37.6. The first-order valence-corrected chi connectivity index (χ1v) is 28.2. The molecule has 1 aliphatic rings. The number of carbonyl (C=O) groups is 1. The van der Waals surface area contributed by atoms with E-state index in [1.807, 2.05) is 0 Å². The summed E-state index contributed by atoms with van der Waals surface area (Å²) in [7, 11) is -5.16. The standard InChI is InChI=1S/C53H98NO12P/c1-3-5-7-9-11-13-15-17-19-21-22-23-25-27-29-31-33-35-37-39-41-46(56)45(43-65-67(63,64)66-53-51(61)49(59)48(58)50(60)52(53)62)54-47(57)42-44(55)40-38-36-34-32-30-28-26-24-20-18-16-14-12-10-8-6-4-2/h23-26,31,33,39,41,44-46,48-53,55-56,58-62H,3-22,27-30,32,34-38,40,42-43H2,1-2H3,(H,54,57)(H,63,64)/b25-23+,26-24-,33-31+,41-39+. The number of phosphoric acid groups is 1. The van der Waals surface area contributed by atoms with Crippen molar-refractivity contribution in [1.82, 2.24) is 5.32 Å². The normalized spacial score (nSPS) is 22.6. The van der Waals surface area contributed by atoms with Crippen LogP contribution in [0.3, 0.4) is 0 Å². The highest BCUT2D eigenvalue weighted by Gasteiger charge is 2.51. The van der Waals surface area contributed by atoms with Gasteiger partial charge in [-0.25, -0.2) is 4.57 Å². The Morgan fingerprint density at radius 2 is 0.881 bits per heavy atom. The molecule has 1 aliphatic carbocycles. The van der Waals surface area contributed by atoms with Crippen LogP contribution in [0.4, 0.5) is 0 Å². The summed E-state index contributed by atoms with van der Waals surface area (Å²) in [6, 6.07) is -1.27. The number of aliphatic hydroxyl groups excluding tert-OH is 7. The number of aliphatic hydroxyl groups is 7. The maximum absolute atomic E-state index is 13.0. The molecule has 0 aromatic rings. The van der Waals surface area contributed by atoms with Crippen molar-refractivity contribution in [2.75, 3.05) is 6.61 Å². The first-order valence-electron chi connectivity index (χ1n) is 26.7. The second-order valence-corrected chi connectivity index (χ2v) is 20.3. The van der Waals surface area contributed by atoms with E-state index in [4.69, 9.17) is 9.05 Å². The molecular formula is C53H98NO12P. The fourth-order valence-electron chi connectivity index (χ4n) is 8.27. The van der Waals surface area contributed by atoms with E-state index in [-0.39, 0.29) is 6.42 Å². The van der Waals surface area contributed by atoms with Crippen LogP contribution >= 0.6 is 7.82 Å². The molecule has 1 amide bonds. The van der Waals surface area contributed by atoms with Gasteiger partial charge in [-0.15, -0.1) is 0 Å². The van der Waals surface area contributed by atoms with E-state index in [9.17, 15) is 50.0 Å². The summed E-state index contributed by atoms with van der Waals surface area (Å²) >= 11 is 0. The minimum atomic E-state index is -5.16. The van der Waals surface area contributed by atoms with Crippen LogP contribution in [-0.2, 0) is 18.4 Å². The molecule has 0 radical (unpaired) electrons. The molecule has 9 N–H and O–H groups in total. The third-order valence-electron chi connectivity index (χ3n) is 12.6. The van der Waals surface area contributed by atoms with Crippen molar-refractivity contribution in [3.63, 3.8) is 0 Å². The summed E-state index contributed by atoms with van der Waals surface area (Å²) in [5, 5.41) is 74.7. The van der Waals surface area contributed by atoms with Crippen LogP contribution < -0.4 is 5.32 Å². The molecule has 0 saturated heterocycles. The van der Waals surface area contributed by atoms with Crippen molar-refractivity contribution in [2.24, 2.45) is 0 Å². The quantitative estimate of drug-likeness (QED) is 0.0158. The lowest BCUT2D eigenvalue weighted by molar-refractivity contribution is -0.220. The third kappa shape index (κ3) is 33.5. The second-order valence-electron chi connectivity index (χ2n) is 18.9. The van der Waals surface area contributed by atoms with Gasteiger partial charge in [-0.1, -0.05) is 191 Å². The molecule has 1 rings (SSSR count). The van der Waals surface area contributed by atoms with Crippen molar-refractivity contribution in [2.45, 2.75) is 274 Å². The lowest BCUT2D eigenvalue weighted by atomic mass is 9.85. The zero-order chi connectivity index (χ0) is 49.4. The third-order valence-corrected chi connectivity index (χ3v) is 13.6. The van der Waals surface area contributed by atoms with Gasteiger partial charge in [0, 0.05) is 0 Å². The van der Waals surface area contributed by atoms with E-state index in [1.165, 1.54) is 122 Å². The van der Waals surface area contributed by atoms with Crippen molar-refractivity contribution in [3.05, 3.63) is 48.6 Å². The lowest BCUT2D eigenvalue weighted by Gasteiger charge is -2.41. The maximum Gasteiger partial charge on any atom is 0.472 e. The summed E-state index contributed by atoms with van der Waals surface area (Å²) in [5.74, 6) is -0.611. The van der Waals surface area contributed by atoms with Crippen LogP contribution in [0.5, 0.6) is 0 Å². The number of unbranched alkanes of at least 4 members (excludes halogenated alkanes) is 25. The fourth-order valence-corrected chi connectivity index (χ4v) is 9.23. The molecule has 1 saturated carbocycles. The number of phosphoric ester groups is 1. The first-order chi connectivity index (χ1) is 32.3. The highest BCUT2D eigenvalue weighted by molar-refractivity contribution is 7.47. The van der Waals surface area contributed by atoms with Crippen molar-refractivity contribution in [3.8, 4) is 0 Å². The molecule has 13 nitrogen and oxygen atoms in total. The Bertz CT molecular complexity index is 1330. The van der Waals surface area contributed by atoms with Gasteiger partial charge in [0.1, 0.15) is 36.6 Å². The highest BCUT2D eigenvalue weighted by atomic mass is 31.2. The first kappa shape index (κ1) is 63.3. The Morgan fingerprint density at radius 1 is 0.522 bits per heavy atom. The monoisotopic (exact) mass is 972 g/mol. The van der Waals surface area contributed by atoms with Gasteiger partial charge in [-0.05, 0) is 70.6 Å². The van der Waals surface area contributed by atoms with E-state index in [0.717, 1.165) is 64.2 Å². The molecule has 67 heavy (non-hydrogen) atoms. The number of allylic oxidation sites excluding steroid dienone is 7. The van der Waals surface area contributed by atoms with E-state index in [2.05, 4.69) is 55.6 Å². The predicted octanol–water partition coefficient (Wildman–Crippen LogP) is 10.3. The molecule has 0 spiro atoms. The number of hydrogen-bond acceptors (Lipinski definition) is 11. The van der Waals surface area contributed by atoms with Crippen LogP contribution in [-0.4, -0.2) is 108 Å². The highest BCUT2D eigenvalue weighted by Crippen LogP contribution is 2.47. The van der Waals surface area contributed by atoms with Crippen molar-refractivity contribution < 1.29 is 59.0 Å². The average Bonchev–Trinajstić information content (AvgIpc) is 3.30. The largest absolute Gasteiger partial charge is 0.472 e. The molecule has 0 bridgehead atoms. The summed E-state index contributed by atoms with van der Waals surface area (Å²) < 4.78 is 22.9. The van der Waals surface area contributed by atoms with Gasteiger partial charge in [-0.3, -0.25) is 13.8 Å². The van der Waals surface area contributed by atoms with E-state index in [0.29, 0.717) is 19.3 Å². The SMILES string of the molecule is CCCCCCCCCC/C=C\CCCCCCCC(O)CC(=O)NC(COP(=O)(O)OC1C(O)C(O)C(O)C(O)C1O)C(O)/C=C/CC/C=C/CC/C=C/CCCCCCCCCCCC. The van der Waals surface area contributed by atoms with Crippen LogP contribution in [0.1, 0.15) is 219 Å². The second kappa shape index (κ2) is 42.0. The molecule has 1 fully saturated rings. The minimum Gasteiger partial charge on any atom is -0.393 e. The number of amides is 1. The van der Waals surface area contributed by atoms with Gasteiger partial charge in [0.05, 0.1) is 31.3 Å². The van der Waals surface area contributed by atoms with Gasteiger partial charge in [0.25, 0.3) is 0 Å². The number of hydrogen-bond donors (Lipinski definition) is 9. The van der Waals surface area contributed by atoms with Crippen LogP contribution in [0.15, 0.2) is 48.6 Å². The molecule has 0 aromatic heterocycles.